The second-order valence-corrected chi connectivity index (χ2v) is 7.04. The second kappa shape index (κ2) is 5.58. The van der Waals surface area contributed by atoms with Crippen molar-refractivity contribution in [3.63, 3.8) is 0 Å². The van der Waals surface area contributed by atoms with Gasteiger partial charge in [0.05, 0.1) is 0 Å². The Morgan fingerprint density at radius 1 is 1.17 bits per heavy atom. The molecule has 1 heterocycles. The fraction of sp³-hybridized carbons (Fsp3) is 0.375. The lowest BCUT2D eigenvalue weighted by atomic mass is 9.81. The molecule has 2 unspecified atom stereocenters. The van der Waals surface area contributed by atoms with Crippen LogP contribution in [0.2, 0.25) is 0 Å². The van der Waals surface area contributed by atoms with Crippen LogP contribution in [0.5, 0.6) is 0 Å². The number of benzene rings is 1. The summed E-state index contributed by atoms with van der Waals surface area (Å²) in [5, 5.41) is 2.18. The average molecular weight is 321 g/mol. The lowest BCUT2D eigenvalue weighted by molar-refractivity contribution is 0.425. The van der Waals surface area contributed by atoms with Crippen molar-refractivity contribution in [2.45, 2.75) is 30.5 Å². The van der Waals surface area contributed by atoms with Gasteiger partial charge in [-0.15, -0.1) is 11.3 Å². The van der Waals surface area contributed by atoms with Gasteiger partial charge in [0.15, 0.2) is 0 Å². The topological polar surface area (TPSA) is 0 Å². The maximum atomic E-state index is 3.92. The summed E-state index contributed by atoms with van der Waals surface area (Å²) in [4.78, 5) is 2.07. The van der Waals surface area contributed by atoms with E-state index in [0.29, 0.717) is 4.83 Å². The largest absolute Gasteiger partial charge is 0.149 e. The average Bonchev–Trinajstić information content (AvgIpc) is 2.91. The number of alkyl halides is 1. The van der Waals surface area contributed by atoms with E-state index in [-0.39, 0.29) is 0 Å². The summed E-state index contributed by atoms with van der Waals surface area (Å²) in [6, 6.07) is 13.3. The Kier molecular flexibility index (Phi) is 3.86. The lowest BCUT2D eigenvalue weighted by Gasteiger charge is -2.29. The molecular weight excluding hydrogens is 304 g/mol. The van der Waals surface area contributed by atoms with Crippen LogP contribution in [0.3, 0.4) is 0 Å². The van der Waals surface area contributed by atoms with E-state index < -0.39 is 0 Å². The zero-order valence-corrected chi connectivity index (χ0v) is 12.7. The summed E-state index contributed by atoms with van der Waals surface area (Å²) >= 11 is 5.80. The molecule has 2 aromatic rings. The van der Waals surface area contributed by atoms with Gasteiger partial charge in [-0.25, -0.2) is 0 Å². The predicted molar refractivity (Wildman–Crippen MR) is 82.6 cm³/mol. The van der Waals surface area contributed by atoms with Gasteiger partial charge in [0.1, 0.15) is 0 Å². The van der Waals surface area contributed by atoms with Crippen molar-refractivity contribution in [1.82, 2.24) is 0 Å². The van der Waals surface area contributed by atoms with Gasteiger partial charge in [0.2, 0.25) is 0 Å². The number of halogens is 1. The molecule has 0 saturated heterocycles. The summed E-state index contributed by atoms with van der Waals surface area (Å²) < 4.78 is 0. The molecule has 1 aromatic carbocycles. The first-order chi connectivity index (χ1) is 8.84. The predicted octanol–water partition coefficient (Wildman–Crippen LogP) is 5.38. The maximum Gasteiger partial charge on any atom is 0.0426 e. The van der Waals surface area contributed by atoms with Gasteiger partial charge in [0, 0.05) is 9.70 Å². The molecule has 0 saturated carbocycles. The third-order valence-corrected chi connectivity index (χ3v) is 6.07. The Labute approximate surface area is 121 Å². The van der Waals surface area contributed by atoms with E-state index in [4.69, 9.17) is 0 Å². The van der Waals surface area contributed by atoms with Crippen molar-refractivity contribution in [3.05, 3.63) is 57.8 Å². The molecule has 1 aliphatic rings. The summed E-state index contributed by atoms with van der Waals surface area (Å²) in [5.41, 5.74) is 3.05. The molecule has 0 amide bonds. The molecule has 0 fully saturated rings. The minimum absolute atomic E-state index is 0.544. The first kappa shape index (κ1) is 12.4. The van der Waals surface area contributed by atoms with E-state index in [1.807, 2.05) is 11.3 Å². The molecule has 2 atom stereocenters. The molecule has 18 heavy (non-hydrogen) atoms. The first-order valence-electron chi connectivity index (χ1n) is 6.59. The molecule has 1 aromatic heterocycles. The van der Waals surface area contributed by atoms with Gasteiger partial charge < -0.3 is 0 Å². The first-order valence-corrected chi connectivity index (χ1v) is 8.38. The van der Waals surface area contributed by atoms with Crippen molar-refractivity contribution in [3.8, 4) is 0 Å². The normalized spacial score (nSPS) is 22.7. The highest BCUT2D eigenvalue weighted by Gasteiger charge is 2.26. The molecule has 1 aliphatic carbocycles. The number of hydrogen-bond acceptors (Lipinski definition) is 1. The van der Waals surface area contributed by atoms with E-state index in [9.17, 15) is 0 Å². The summed E-state index contributed by atoms with van der Waals surface area (Å²) in [6.45, 7) is 0. The van der Waals surface area contributed by atoms with Gasteiger partial charge >= 0.3 is 0 Å². The lowest BCUT2D eigenvalue weighted by Crippen LogP contribution is -2.17. The molecule has 0 bridgehead atoms. The molecule has 0 N–H and O–H groups in total. The highest BCUT2D eigenvalue weighted by molar-refractivity contribution is 9.09. The van der Waals surface area contributed by atoms with Crippen molar-refractivity contribution in [1.29, 1.82) is 0 Å². The SMILES string of the molecule is BrC1c2ccccc2CCC1CCc1cccs1. The Bertz CT molecular complexity index is 504. The van der Waals surface area contributed by atoms with Crippen LogP contribution in [0.4, 0.5) is 0 Å². The quantitative estimate of drug-likeness (QED) is 0.666. The van der Waals surface area contributed by atoms with Crippen LogP contribution in [-0.2, 0) is 12.8 Å². The van der Waals surface area contributed by atoms with Crippen LogP contribution in [-0.4, -0.2) is 0 Å². The van der Waals surface area contributed by atoms with Crippen molar-refractivity contribution < 1.29 is 0 Å². The van der Waals surface area contributed by atoms with E-state index in [0.717, 1.165) is 5.92 Å². The fourth-order valence-corrected chi connectivity index (χ4v) is 4.55. The number of thiophene rings is 1. The number of aryl methyl sites for hydroxylation is 2. The Morgan fingerprint density at radius 3 is 2.89 bits per heavy atom. The highest BCUT2D eigenvalue weighted by Crippen LogP contribution is 2.42. The molecule has 2 heteroatoms. The third kappa shape index (κ3) is 2.55. The van der Waals surface area contributed by atoms with Gasteiger partial charge in [-0.3, -0.25) is 0 Å². The number of fused-ring (bicyclic) bond motifs is 1. The molecular formula is C16H17BrS. The number of rotatable bonds is 3. The summed E-state index contributed by atoms with van der Waals surface area (Å²) in [5.74, 6) is 0.780. The van der Waals surface area contributed by atoms with Crippen LogP contribution in [0.1, 0.15) is 33.7 Å². The van der Waals surface area contributed by atoms with Crippen LogP contribution in [0, 0.1) is 5.92 Å². The van der Waals surface area contributed by atoms with Gasteiger partial charge in [0.25, 0.3) is 0 Å². The zero-order valence-electron chi connectivity index (χ0n) is 10.3. The second-order valence-electron chi connectivity index (χ2n) is 5.02. The molecule has 0 spiro atoms. The monoisotopic (exact) mass is 320 g/mol. The fourth-order valence-electron chi connectivity index (χ4n) is 2.85. The van der Waals surface area contributed by atoms with Crippen LogP contribution in [0.15, 0.2) is 41.8 Å². The zero-order chi connectivity index (χ0) is 12.4. The van der Waals surface area contributed by atoms with E-state index in [2.05, 4.69) is 57.7 Å². The summed E-state index contributed by atoms with van der Waals surface area (Å²) in [7, 11) is 0. The van der Waals surface area contributed by atoms with Crippen LogP contribution in [0.25, 0.3) is 0 Å². The highest BCUT2D eigenvalue weighted by atomic mass is 79.9. The summed E-state index contributed by atoms with van der Waals surface area (Å²) in [6.07, 6.45) is 5.09. The molecule has 0 aliphatic heterocycles. The van der Waals surface area contributed by atoms with E-state index in [1.54, 1.807) is 0 Å². The number of hydrogen-bond donors (Lipinski definition) is 0. The minimum Gasteiger partial charge on any atom is -0.149 e. The van der Waals surface area contributed by atoms with Crippen molar-refractivity contribution in [2.75, 3.05) is 0 Å². The van der Waals surface area contributed by atoms with Crippen LogP contribution >= 0.6 is 27.3 Å². The Balaban J connectivity index is 1.69. The van der Waals surface area contributed by atoms with Gasteiger partial charge in [-0.2, -0.15) is 0 Å². The van der Waals surface area contributed by atoms with Crippen LogP contribution < -0.4 is 0 Å². The molecule has 3 rings (SSSR count). The van der Waals surface area contributed by atoms with E-state index >= 15 is 0 Å². The van der Waals surface area contributed by atoms with Gasteiger partial charge in [-0.05, 0) is 54.2 Å². The Hall–Kier alpha value is -0.600. The maximum absolute atomic E-state index is 3.92. The molecule has 0 nitrogen and oxygen atoms in total. The smallest absolute Gasteiger partial charge is 0.0426 e. The molecule has 0 radical (unpaired) electrons. The Morgan fingerprint density at radius 2 is 2.06 bits per heavy atom. The van der Waals surface area contributed by atoms with Gasteiger partial charge in [-0.1, -0.05) is 46.3 Å². The standard InChI is InChI=1S/C16H17BrS/c17-16-13(9-10-14-5-3-11-18-14)8-7-12-4-1-2-6-15(12)16/h1-6,11,13,16H,7-10H2. The third-order valence-electron chi connectivity index (χ3n) is 3.89. The van der Waals surface area contributed by atoms with E-state index in [1.165, 1.54) is 41.7 Å². The van der Waals surface area contributed by atoms with Crippen molar-refractivity contribution >= 4 is 27.3 Å². The minimum atomic E-state index is 0.544. The molecule has 94 valence electrons. The van der Waals surface area contributed by atoms with Crippen molar-refractivity contribution in [2.24, 2.45) is 5.92 Å².